The minimum absolute atomic E-state index is 0.0461. The maximum absolute atomic E-state index is 14.2. The van der Waals surface area contributed by atoms with Crippen molar-refractivity contribution in [2.24, 2.45) is 0 Å². The summed E-state index contributed by atoms with van der Waals surface area (Å²) in [7, 11) is 0. The van der Waals surface area contributed by atoms with Crippen LogP contribution in [0.1, 0.15) is 25.0 Å². The molecular formula is C17H23FN6O2. The molecular weight excluding hydrogens is 339 g/mol. The summed E-state index contributed by atoms with van der Waals surface area (Å²) in [5, 5.41) is 25.0. The van der Waals surface area contributed by atoms with Gasteiger partial charge in [0.1, 0.15) is 11.6 Å². The Morgan fingerprint density at radius 2 is 1.96 bits per heavy atom. The number of nitrogens with one attached hydrogen (secondary N) is 2. The molecule has 3 rings (SSSR count). The molecule has 1 aromatic heterocycles. The van der Waals surface area contributed by atoms with Gasteiger partial charge in [0.05, 0.1) is 6.61 Å². The summed E-state index contributed by atoms with van der Waals surface area (Å²) in [6, 6.07) is 2.78. The van der Waals surface area contributed by atoms with Gasteiger partial charge in [0.15, 0.2) is 0 Å². The maximum atomic E-state index is 14.2. The first-order valence-corrected chi connectivity index (χ1v) is 8.59. The summed E-state index contributed by atoms with van der Waals surface area (Å²) in [5.74, 6) is 0.929. The van der Waals surface area contributed by atoms with Gasteiger partial charge in [-0.05, 0) is 32.4 Å². The number of aliphatic hydroxyl groups excluding tert-OH is 1. The molecule has 8 nitrogen and oxygen atoms in total. The lowest BCUT2D eigenvalue weighted by molar-refractivity contribution is 0.311. The normalized spacial score (nSPS) is 13.7. The number of aromatic hydroxyl groups is 1. The Labute approximate surface area is 151 Å². The van der Waals surface area contributed by atoms with Crippen LogP contribution in [0.15, 0.2) is 12.1 Å². The number of hydrogen-bond donors (Lipinski definition) is 4. The highest BCUT2D eigenvalue weighted by atomic mass is 19.1. The maximum Gasteiger partial charge on any atom is 0.232 e. The highest BCUT2D eigenvalue weighted by Crippen LogP contribution is 2.31. The van der Waals surface area contributed by atoms with Crippen LogP contribution in [-0.4, -0.2) is 50.9 Å². The van der Waals surface area contributed by atoms with Crippen molar-refractivity contribution >= 4 is 17.8 Å². The number of aliphatic hydroxyl groups is 1. The smallest absolute Gasteiger partial charge is 0.232 e. The van der Waals surface area contributed by atoms with E-state index in [-0.39, 0.29) is 30.8 Å². The average Bonchev–Trinajstić information content (AvgIpc) is 2.62. The SMILES string of the molecule is CC(C)Nc1nc(NCCO)nc(N2CCc3c(O)ccc(F)c3C2)n1. The summed E-state index contributed by atoms with van der Waals surface area (Å²) < 4.78 is 14.2. The van der Waals surface area contributed by atoms with Crippen LogP contribution < -0.4 is 15.5 Å². The van der Waals surface area contributed by atoms with Crippen molar-refractivity contribution in [3.05, 3.63) is 29.1 Å². The second-order valence-corrected chi connectivity index (χ2v) is 6.43. The summed E-state index contributed by atoms with van der Waals surface area (Å²) in [4.78, 5) is 15.0. The van der Waals surface area contributed by atoms with Gasteiger partial charge in [-0.3, -0.25) is 0 Å². The molecule has 0 fully saturated rings. The molecule has 0 amide bonds. The Kier molecular flexibility index (Phi) is 5.36. The van der Waals surface area contributed by atoms with E-state index in [1.165, 1.54) is 12.1 Å². The minimum Gasteiger partial charge on any atom is -0.508 e. The lowest BCUT2D eigenvalue weighted by atomic mass is 9.98. The van der Waals surface area contributed by atoms with E-state index in [9.17, 15) is 9.50 Å². The van der Waals surface area contributed by atoms with E-state index in [4.69, 9.17) is 5.11 Å². The second kappa shape index (κ2) is 7.69. The highest BCUT2D eigenvalue weighted by Gasteiger charge is 2.24. The molecule has 4 N–H and O–H groups in total. The molecule has 0 saturated heterocycles. The number of rotatable bonds is 6. The topological polar surface area (TPSA) is 106 Å². The standard InChI is InChI=1S/C17H23FN6O2/c1-10(2)20-16-21-15(19-6-8-25)22-17(23-16)24-7-5-11-12(9-24)13(18)3-4-14(11)26/h3-4,10,25-26H,5-9H2,1-2H3,(H2,19,20,21,22,23). The van der Waals surface area contributed by atoms with Crippen LogP contribution in [0.5, 0.6) is 5.75 Å². The van der Waals surface area contributed by atoms with Crippen LogP contribution in [-0.2, 0) is 13.0 Å². The van der Waals surface area contributed by atoms with Crippen molar-refractivity contribution in [1.29, 1.82) is 0 Å². The number of hydrogen-bond acceptors (Lipinski definition) is 8. The summed E-state index contributed by atoms with van der Waals surface area (Å²) >= 11 is 0. The number of phenolic OH excluding ortho intramolecular Hbond substituents is 1. The van der Waals surface area contributed by atoms with Crippen molar-refractivity contribution < 1.29 is 14.6 Å². The summed E-state index contributed by atoms with van der Waals surface area (Å²) in [6.07, 6.45) is 0.497. The molecule has 2 heterocycles. The van der Waals surface area contributed by atoms with Gasteiger partial charge < -0.3 is 25.7 Å². The van der Waals surface area contributed by atoms with E-state index in [1.807, 2.05) is 18.7 Å². The predicted molar refractivity (Wildman–Crippen MR) is 97.0 cm³/mol. The molecule has 1 aliphatic heterocycles. The number of halogens is 1. The Morgan fingerprint density at radius 1 is 1.19 bits per heavy atom. The fraction of sp³-hybridized carbons (Fsp3) is 0.471. The van der Waals surface area contributed by atoms with Gasteiger partial charge in [0, 0.05) is 36.8 Å². The third-order valence-corrected chi connectivity index (χ3v) is 4.05. The van der Waals surface area contributed by atoms with Gasteiger partial charge in [0.2, 0.25) is 17.8 Å². The van der Waals surface area contributed by atoms with Crippen LogP contribution in [0.4, 0.5) is 22.2 Å². The Morgan fingerprint density at radius 3 is 2.69 bits per heavy atom. The average molecular weight is 362 g/mol. The van der Waals surface area contributed by atoms with E-state index in [0.29, 0.717) is 48.5 Å². The molecule has 0 aliphatic carbocycles. The van der Waals surface area contributed by atoms with Crippen molar-refractivity contribution in [1.82, 2.24) is 15.0 Å². The lowest BCUT2D eigenvalue weighted by Crippen LogP contribution is -2.33. The zero-order chi connectivity index (χ0) is 18.7. The monoisotopic (exact) mass is 362 g/mol. The van der Waals surface area contributed by atoms with Gasteiger partial charge in [-0.15, -0.1) is 0 Å². The second-order valence-electron chi connectivity index (χ2n) is 6.43. The molecule has 1 aromatic carbocycles. The van der Waals surface area contributed by atoms with Crippen molar-refractivity contribution in [3.8, 4) is 5.75 Å². The van der Waals surface area contributed by atoms with Crippen molar-refractivity contribution in [3.63, 3.8) is 0 Å². The van der Waals surface area contributed by atoms with E-state index >= 15 is 0 Å². The van der Waals surface area contributed by atoms with E-state index in [2.05, 4.69) is 25.6 Å². The highest BCUT2D eigenvalue weighted by molar-refractivity contribution is 5.49. The number of aromatic nitrogens is 3. The Hall–Kier alpha value is -2.68. The third-order valence-electron chi connectivity index (χ3n) is 4.05. The number of nitrogens with zero attached hydrogens (tertiary/aromatic N) is 4. The van der Waals surface area contributed by atoms with Gasteiger partial charge >= 0.3 is 0 Å². The van der Waals surface area contributed by atoms with Crippen molar-refractivity contribution in [2.75, 3.05) is 35.2 Å². The molecule has 1 aliphatic rings. The zero-order valence-corrected chi connectivity index (χ0v) is 14.8. The molecule has 0 spiro atoms. The molecule has 140 valence electrons. The molecule has 9 heteroatoms. The molecule has 0 radical (unpaired) electrons. The predicted octanol–water partition coefficient (Wildman–Crippen LogP) is 1.50. The van der Waals surface area contributed by atoms with Crippen molar-refractivity contribution in [2.45, 2.75) is 32.9 Å². The zero-order valence-electron chi connectivity index (χ0n) is 14.8. The minimum atomic E-state index is -0.351. The van der Waals surface area contributed by atoms with Gasteiger partial charge in [0.25, 0.3) is 0 Å². The first-order chi connectivity index (χ1) is 12.5. The summed E-state index contributed by atoms with van der Waals surface area (Å²) in [5.41, 5.74) is 1.09. The fourth-order valence-corrected chi connectivity index (χ4v) is 2.87. The van der Waals surface area contributed by atoms with E-state index < -0.39 is 0 Å². The van der Waals surface area contributed by atoms with Crippen LogP contribution in [0.2, 0.25) is 0 Å². The largest absolute Gasteiger partial charge is 0.508 e. The Balaban J connectivity index is 1.91. The number of phenols is 1. The third kappa shape index (κ3) is 3.93. The van der Waals surface area contributed by atoms with Crippen LogP contribution in [0.3, 0.4) is 0 Å². The lowest BCUT2D eigenvalue weighted by Gasteiger charge is -2.29. The van der Waals surface area contributed by atoms with Gasteiger partial charge in [-0.25, -0.2) is 4.39 Å². The molecule has 0 unspecified atom stereocenters. The van der Waals surface area contributed by atoms with Crippen LogP contribution >= 0.6 is 0 Å². The van der Waals surface area contributed by atoms with Gasteiger partial charge in [-0.1, -0.05) is 0 Å². The van der Waals surface area contributed by atoms with E-state index in [1.54, 1.807) is 0 Å². The molecule has 2 aromatic rings. The first kappa shape index (κ1) is 18.1. The number of fused-ring (bicyclic) bond motifs is 1. The van der Waals surface area contributed by atoms with E-state index in [0.717, 1.165) is 0 Å². The number of benzene rings is 1. The Bertz CT molecular complexity index is 786. The molecule has 0 bridgehead atoms. The fourth-order valence-electron chi connectivity index (χ4n) is 2.87. The summed E-state index contributed by atoms with van der Waals surface area (Å²) in [6.45, 7) is 5.03. The first-order valence-electron chi connectivity index (χ1n) is 8.59. The number of anilines is 3. The molecule has 26 heavy (non-hydrogen) atoms. The quantitative estimate of drug-likeness (QED) is 0.613. The van der Waals surface area contributed by atoms with Crippen LogP contribution in [0.25, 0.3) is 0 Å². The van der Waals surface area contributed by atoms with Crippen LogP contribution in [0, 0.1) is 5.82 Å². The molecule has 0 saturated carbocycles. The molecule has 0 atom stereocenters. The van der Waals surface area contributed by atoms with Gasteiger partial charge in [-0.2, -0.15) is 15.0 Å².